The molecule has 1 aromatic carbocycles. The molecule has 5 heteroatoms. The number of hydrogen-bond donors (Lipinski definition) is 3. The van der Waals surface area contributed by atoms with Crippen LogP contribution in [0.25, 0.3) is 0 Å². The van der Waals surface area contributed by atoms with Crippen molar-refractivity contribution in [2.45, 2.75) is 26.4 Å². The highest BCUT2D eigenvalue weighted by atomic mass is 16.3. The Balaban J connectivity index is 2.63. The Bertz CT molecular complexity index is 407. The lowest BCUT2D eigenvalue weighted by Crippen LogP contribution is -2.39. The molecule has 0 spiro atoms. The van der Waals surface area contributed by atoms with Gasteiger partial charge in [0.1, 0.15) is 0 Å². The number of hydrogen-bond acceptors (Lipinski definition) is 4. The Morgan fingerprint density at radius 3 is 2.68 bits per heavy atom. The fraction of sp³-hybridized carbons (Fsp3) is 0.500. The summed E-state index contributed by atoms with van der Waals surface area (Å²) in [5, 5.41) is 11.8. The number of aliphatic hydroxyl groups is 1. The standard InChI is InChI=1S/C14H23N3O2/c1-11(2)17(7-8-18)10-14(19)16-13-6-4-3-5-12(13)9-15/h3-6,11,18H,7-10,15H2,1-2H3,(H,16,19). The lowest BCUT2D eigenvalue weighted by Gasteiger charge is -2.24. The van der Waals surface area contributed by atoms with Gasteiger partial charge in [0.2, 0.25) is 5.91 Å². The maximum Gasteiger partial charge on any atom is 0.238 e. The monoisotopic (exact) mass is 265 g/mol. The van der Waals surface area contributed by atoms with E-state index >= 15 is 0 Å². The molecule has 0 fully saturated rings. The zero-order chi connectivity index (χ0) is 14.3. The van der Waals surface area contributed by atoms with E-state index in [0.717, 1.165) is 11.3 Å². The molecular formula is C14H23N3O2. The van der Waals surface area contributed by atoms with Crippen molar-refractivity contribution in [2.75, 3.05) is 25.0 Å². The van der Waals surface area contributed by atoms with Gasteiger partial charge in [-0.15, -0.1) is 0 Å². The van der Waals surface area contributed by atoms with Crippen molar-refractivity contribution in [2.24, 2.45) is 5.73 Å². The summed E-state index contributed by atoms with van der Waals surface area (Å²) >= 11 is 0. The van der Waals surface area contributed by atoms with E-state index < -0.39 is 0 Å². The summed E-state index contributed by atoms with van der Waals surface area (Å²) in [7, 11) is 0. The third-order valence-electron chi connectivity index (χ3n) is 2.98. The molecule has 0 aromatic heterocycles. The van der Waals surface area contributed by atoms with Crippen molar-refractivity contribution >= 4 is 11.6 Å². The summed E-state index contributed by atoms with van der Waals surface area (Å²) < 4.78 is 0. The predicted octanol–water partition coefficient (Wildman–Crippen LogP) is 0.786. The number of para-hydroxylation sites is 1. The van der Waals surface area contributed by atoms with E-state index in [1.807, 2.05) is 43.0 Å². The third kappa shape index (κ3) is 4.98. The number of benzene rings is 1. The van der Waals surface area contributed by atoms with Gasteiger partial charge >= 0.3 is 0 Å². The van der Waals surface area contributed by atoms with E-state index in [0.29, 0.717) is 13.1 Å². The summed E-state index contributed by atoms with van der Waals surface area (Å²) in [6.45, 7) is 5.18. The molecule has 0 radical (unpaired) electrons. The summed E-state index contributed by atoms with van der Waals surface area (Å²) in [6, 6.07) is 7.70. The molecule has 19 heavy (non-hydrogen) atoms. The van der Waals surface area contributed by atoms with Crippen LogP contribution in [0.3, 0.4) is 0 Å². The van der Waals surface area contributed by atoms with E-state index in [1.54, 1.807) is 0 Å². The molecule has 0 aliphatic heterocycles. The Labute approximate surface area is 114 Å². The second kappa shape index (κ2) is 7.89. The minimum atomic E-state index is -0.0944. The van der Waals surface area contributed by atoms with Gasteiger partial charge in [0, 0.05) is 24.8 Å². The quantitative estimate of drug-likeness (QED) is 0.681. The molecule has 0 atom stereocenters. The first kappa shape index (κ1) is 15.6. The maximum absolute atomic E-state index is 12.0. The number of amides is 1. The average Bonchev–Trinajstić information content (AvgIpc) is 2.38. The molecule has 1 rings (SSSR count). The number of anilines is 1. The zero-order valence-electron chi connectivity index (χ0n) is 11.6. The summed E-state index contributed by atoms with van der Waals surface area (Å²) in [5.74, 6) is -0.0944. The Morgan fingerprint density at radius 2 is 2.11 bits per heavy atom. The largest absolute Gasteiger partial charge is 0.395 e. The zero-order valence-corrected chi connectivity index (χ0v) is 11.6. The predicted molar refractivity (Wildman–Crippen MR) is 76.8 cm³/mol. The highest BCUT2D eigenvalue weighted by Crippen LogP contribution is 2.14. The molecule has 0 saturated carbocycles. The van der Waals surface area contributed by atoms with Gasteiger partial charge in [-0.25, -0.2) is 0 Å². The van der Waals surface area contributed by atoms with Crippen molar-refractivity contribution in [3.8, 4) is 0 Å². The first-order valence-electron chi connectivity index (χ1n) is 6.51. The Kier molecular flexibility index (Phi) is 6.49. The molecule has 0 heterocycles. The van der Waals surface area contributed by atoms with Crippen molar-refractivity contribution in [3.05, 3.63) is 29.8 Å². The van der Waals surface area contributed by atoms with Crippen LogP contribution in [0.15, 0.2) is 24.3 Å². The summed E-state index contributed by atoms with van der Waals surface area (Å²) in [4.78, 5) is 13.9. The van der Waals surface area contributed by atoms with Gasteiger partial charge in [-0.2, -0.15) is 0 Å². The van der Waals surface area contributed by atoms with Crippen LogP contribution < -0.4 is 11.1 Å². The number of nitrogens with one attached hydrogen (secondary N) is 1. The molecule has 0 unspecified atom stereocenters. The lowest BCUT2D eigenvalue weighted by molar-refractivity contribution is -0.117. The fourth-order valence-corrected chi connectivity index (χ4v) is 1.84. The summed E-state index contributed by atoms with van der Waals surface area (Å²) in [5.41, 5.74) is 7.29. The average molecular weight is 265 g/mol. The lowest BCUT2D eigenvalue weighted by atomic mass is 10.2. The van der Waals surface area contributed by atoms with Crippen LogP contribution in [0, 0.1) is 0 Å². The van der Waals surface area contributed by atoms with Gasteiger partial charge in [0.15, 0.2) is 0 Å². The van der Waals surface area contributed by atoms with E-state index in [9.17, 15) is 4.79 Å². The van der Waals surface area contributed by atoms with E-state index in [-0.39, 0.29) is 25.1 Å². The molecule has 106 valence electrons. The number of carbonyl (C=O) groups is 1. The van der Waals surface area contributed by atoms with Crippen LogP contribution >= 0.6 is 0 Å². The SMILES string of the molecule is CC(C)N(CCO)CC(=O)Nc1ccccc1CN. The third-order valence-corrected chi connectivity index (χ3v) is 2.98. The van der Waals surface area contributed by atoms with Crippen LogP contribution in [0.4, 0.5) is 5.69 Å². The molecule has 0 aliphatic carbocycles. The van der Waals surface area contributed by atoms with Crippen LogP contribution in [-0.4, -0.2) is 41.7 Å². The van der Waals surface area contributed by atoms with E-state index in [2.05, 4.69) is 5.32 Å². The molecule has 4 N–H and O–H groups in total. The first-order chi connectivity index (χ1) is 9.08. The normalized spacial score (nSPS) is 11.1. The highest BCUT2D eigenvalue weighted by Gasteiger charge is 2.14. The summed E-state index contributed by atoms with van der Waals surface area (Å²) in [6.07, 6.45) is 0. The van der Waals surface area contributed by atoms with Crippen LogP contribution in [0.2, 0.25) is 0 Å². The van der Waals surface area contributed by atoms with Crippen LogP contribution in [0.5, 0.6) is 0 Å². The highest BCUT2D eigenvalue weighted by molar-refractivity contribution is 5.93. The van der Waals surface area contributed by atoms with Gasteiger partial charge in [0.05, 0.1) is 13.2 Å². The van der Waals surface area contributed by atoms with Gasteiger partial charge < -0.3 is 16.2 Å². The Morgan fingerprint density at radius 1 is 1.42 bits per heavy atom. The molecule has 5 nitrogen and oxygen atoms in total. The van der Waals surface area contributed by atoms with Crippen molar-refractivity contribution in [3.63, 3.8) is 0 Å². The van der Waals surface area contributed by atoms with Crippen molar-refractivity contribution in [1.82, 2.24) is 4.90 Å². The second-order valence-electron chi connectivity index (χ2n) is 4.70. The van der Waals surface area contributed by atoms with Gasteiger partial charge in [-0.3, -0.25) is 9.69 Å². The molecule has 1 amide bonds. The van der Waals surface area contributed by atoms with E-state index in [4.69, 9.17) is 10.8 Å². The molecular weight excluding hydrogens is 242 g/mol. The topological polar surface area (TPSA) is 78.6 Å². The molecule has 0 aliphatic rings. The number of rotatable bonds is 7. The number of nitrogens with zero attached hydrogens (tertiary/aromatic N) is 1. The first-order valence-corrected chi connectivity index (χ1v) is 6.51. The van der Waals surface area contributed by atoms with E-state index in [1.165, 1.54) is 0 Å². The molecule has 0 bridgehead atoms. The number of nitrogens with two attached hydrogens (primary N) is 1. The minimum absolute atomic E-state index is 0.0465. The molecule has 1 aromatic rings. The van der Waals surface area contributed by atoms with Crippen LogP contribution in [0.1, 0.15) is 19.4 Å². The smallest absolute Gasteiger partial charge is 0.238 e. The maximum atomic E-state index is 12.0. The van der Waals surface area contributed by atoms with Gasteiger partial charge in [-0.1, -0.05) is 18.2 Å². The van der Waals surface area contributed by atoms with Gasteiger partial charge in [-0.05, 0) is 25.5 Å². The molecule has 0 saturated heterocycles. The van der Waals surface area contributed by atoms with Crippen molar-refractivity contribution < 1.29 is 9.90 Å². The fourth-order valence-electron chi connectivity index (χ4n) is 1.84. The minimum Gasteiger partial charge on any atom is -0.395 e. The van der Waals surface area contributed by atoms with Gasteiger partial charge in [0.25, 0.3) is 0 Å². The number of carbonyl (C=O) groups excluding carboxylic acids is 1. The second-order valence-corrected chi connectivity index (χ2v) is 4.70. The number of aliphatic hydroxyl groups excluding tert-OH is 1. The van der Waals surface area contributed by atoms with Crippen LogP contribution in [-0.2, 0) is 11.3 Å². The Hall–Kier alpha value is -1.43. The van der Waals surface area contributed by atoms with Crippen molar-refractivity contribution in [1.29, 1.82) is 0 Å².